The van der Waals surface area contributed by atoms with E-state index in [0.29, 0.717) is 5.69 Å². The predicted molar refractivity (Wildman–Crippen MR) is 97.7 cm³/mol. The van der Waals surface area contributed by atoms with Gasteiger partial charge in [-0.15, -0.1) is 0 Å². The highest BCUT2D eigenvalue weighted by Crippen LogP contribution is 2.19. The van der Waals surface area contributed by atoms with Gasteiger partial charge in [0, 0.05) is 16.9 Å². The quantitative estimate of drug-likeness (QED) is 0.752. The number of carbonyl (C=O) groups is 1. The second kappa shape index (κ2) is 7.32. The second-order valence-electron chi connectivity index (χ2n) is 5.98. The third-order valence-corrected chi connectivity index (χ3v) is 4.17. The van der Waals surface area contributed by atoms with Crippen molar-refractivity contribution in [2.45, 2.75) is 26.9 Å². The zero-order valence-electron chi connectivity index (χ0n) is 14.4. The highest BCUT2D eigenvalue weighted by Gasteiger charge is 2.16. The Hall–Kier alpha value is -2.92. The molecule has 3 rings (SSSR count). The smallest absolute Gasteiger partial charge is 0.228 e. The van der Waals surface area contributed by atoms with Crippen molar-refractivity contribution in [2.24, 2.45) is 0 Å². The second-order valence-corrected chi connectivity index (χ2v) is 5.98. The lowest BCUT2D eigenvalue weighted by molar-refractivity contribution is -0.115. The maximum absolute atomic E-state index is 12.4. The number of carbonyl (C=O) groups excluding carboxylic acids is 1. The van der Waals surface area contributed by atoms with Crippen molar-refractivity contribution in [3.8, 4) is 5.69 Å². The number of aliphatic hydroxyl groups excluding tert-OH is 1. The van der Waals surface area contributed by atoms with Gasteiger partial charge in [-0.2, -0.15) is 5.10 Å². The minimum atomic E-state index is -0.103. The molecule has 0 saturated carbocycles. The van der Waals surface area contributed by atoms with Gasteiger partial charge in [-0.3, -0.25) is 4.79 Å². The third-order valence-electron chi connectivity index (χ3n) is 4.17. The minimum Gasteiger partial charge on any atom is -0.392 e. The first-order valence-corrected chi connectivity index (χ1v) is 8.18. The fraction of sp³-hybridized carbons (Fsp3) is 0.200. The molecule has 0 unspecified atom stereocenters. The average Bonchev–Trinajstić information content (AvgIpc) is 2.91. The van der Waals surface area contributed by atoms with E-state index >= 15 is 0 Å². The molecule has 2 N–H and O–H groups in total. The van der Waals surface area contributed by atoms with Crippen LogP contribution in [0.2, 0.25) is 0 Å². The van der Waals surface area contributed by atoms with Crippen molar-refractivity contribution >= 4 is 11.6 Å². The van der Waals surface area contributed by atoms with E-state index in [9.17, 15) is 9.90 Å². The molecule has 0 spiro atoms. The van der Waals surface area contributed by atoms with Gasteiger partial charge >= 0.3 is 0 Å². The summed E-state index contributed by atoms with van der Waals surface area (Å²) in [6.07, 6.45) is 0.258. The van der Waals surface area contributed by atoms with Crippen molar-refractivity contribution in [3.63, 3.8) is 0 Å². The van der Waals surface area contributed by atoms with Crippen LogP contribution in [0, 0.1) is 13.8 Å². The molecule has 25 heavy (non-hydrogen) atoms. The van der Waals surface area contributed by atoms with Gasteiger partial charge in [0.1, 0.15) is 0 Å². The van der Waals surface area contributed by atoms with E-state index in [1.54, 1.807) is 6.07 Å². The average molecular weight is 335 g/mol. The van der Waals surface area contributed by atoms with Crippen LogP contribution in [0.25, 0.3) is 5.69 Å². The fourth-order valence-electron chi connectivity index (χ4n) is 2.86. The number of aromatic nitrogens is 2. The van der Waals surface area contributed by atoms with Crippen molar-refractivity contribution in [1.29, 1.82) is 0 Å². The molecule has 1 heterocycles. The van der Waals surface area contributed by atoms with Gasteiger partial charge in [-0.1, -0.05) is 30.3 Å². The van der Waals surface area contributed by atoms with Crippen LogP contribution in [-0.4, -0.2) is 20.8 Å². The summed E-state index contributed by atoms with van der Waals surface area (Å²) in [4.78, 5) is 12.4. The molecule has 0 aliphatic heterocycles. The zero-order valence-corrected chi connectivity index (χ0v) is 14.4. The molecular formula is C20H21N3O2. The first kappa shape index (κ1) is 16.9. The first-order valence-electron chi connectivity index (χ1n) is 8.18. The van der Waals surface area contributed by atoms with Gasteiger partial charge < -0.3 is 10.4 Å². The van der Waals surface area contributed by atoms with Crippen LogP contribution in [0.15, 0.2) is 54.6 Å². The monoisotopic (exact) mass is 335 g/mol. The normalized spacial score (nSPS) is 10.7. The highest BCUT2D eigenvalue weighted by molar-refractivity contribution is 5.92. The molecule has 0 radical (unpaired) electrons. The number of hydrogen-bond donors (Lipinski definition) is 2. The number of nitrogens with one attached hydrogen (secondary N) is 1. The summed E-state index contributed by atoms with van der Waals surface area (Å²) < 4.78 is 1.87. The van der Waals surface area contributed by atoms with Gasteiger partial charge in [-0.25, -0.2) is 4.68 Å². The molecule has 0 saturated heterocycles. The maximum Gasteiger partial charge on any atom is 0.228 e. The van der Waals surface area contributed by atoms with Crippen LogP contribution in [0.5, 0.6) is 0 Å². The number of benzene rings is 2. The molecule has 0 fully saturated rings. The molecule has 2 aromatic carbocycles. The number of aliphatic hydroxyl groups is 1. The summed E-state index contributed by atoms with van der Waals surface area (Å²) in [5.74, 6) is -0.103. The number of anilines is 1. The van der Waals surface area contributed by atoms with Gasteiger partial charge in [0.2, 0.25) is 5.91 Å². The molecule has 3 aromatic rings. The van der Waals surface area contributed by atoms with Gasteiger partial charge in [0.25, 0.3) is 0 Å². The Labute approximate surface area is 146 Å². The Morgan fingerprint density at radius 3 is 2.60 bits per heavy atom. The van der Waals surface area contributed by atoms with E-state index in [1.165, 1.54) is 0 Å². The summed E-state index contributed by atoms with van der Waals surface area (Å²) in [6.45, 7) is 3.84. The highest BCUT2D eigenvalue weighted by atomic mass is 16.3. The number of aryl methyl sites for hydroxylation is 1. The third kappa shape index (κ3) is 3.78. The largest absolute Gasteiger partial charge is 0.392 e. The van der Waals surface area contributed by atoms with Gasteiger partial charge in [0.15, 0.2) is 0 Å². The molecule has 5 nitrogen and oxygen atoms in total. The van der Waals surface area contributed by atoms with Crippen LogP contribution >= 0.6 is 0 Å². The lowest BCUT2D eigenvalue weighted by Gasteiger charge is -2.08. The topological polar surface area (TPSA) is 67.2 Å². The molecule has 5 heteroatoms. The molecule has 1 aromatic heterocycles. The summed E-state index contributed by atoms with van der Waals surface area (Å²) in [7, 11) is 0. The van der Waals surface area contributed by atoms with E-state index in [4.69, 9.17) is 0 Å². The SMILES string of the molecule is Cc1nn(-c2ccccc2)c(C)c1CC(=O)Nc1cccc(CO)c1. The number of nitrogens with zero attached hydrogens (tertiary/aromatic N) is 2. The van der Waals surface area contributed by atoms with Crippen molar-refractivity contribution in [3.05, 3.63) is 77.1 Å². The Balaban J connectivity index is 1.78. The van der Waals surface area contributed by atoms with Crippen LogP contribution in [-0.2, 0) is 17.8 Å². The van der Waals surface area contributed by atoms with Crippen molar-refractivity contribution < 1.29 is 9.90 Å². The maximum atomic E-state index is 12.4. The molecule has 0 aliphatic rings. The fourth-order valence-corrected chi connectivity index (χ4v) is 2.86. The van der Waals surface area contributed by atoms with Crippen molar-refractivity contribution in [1.82, 2.24) is 9.78 Å². The van der Waals surface area contributed by atoms with E-state index < -0.39 is 0 Å². The van der Waals surface area contributed by atoms with E-state index in [2.05, 4.69) is 10.4 Å². The number of hydrogen-bond acceptors (Lipinski definition) is 3. The minimum absolute atomic E-state index is 0.0498. The number of amides is 1. The van der Waals surface area contributed by atoms with Crippen LogP contribution in [0.3, 0.4) is 0 Å². The predicted octanol–water partition coefficient (Wildman–Crippen LogP) is 3.16. The summed E-state index contributed by atoms with van der Waals surface area (Å²) in [6, 6.07) is 17.1. The number of para-hydroxylation sites is 1. The molecule has 1 amide bonds. The molecule has 0 bridgehead atoms. The summed E-state index contributed by atoms with van der Waals surface area (Å²) in [5.41, 5.74) is 5.16. The Bertz CT molecular complexity index is 885. The number of rotatable bonds is 5. The van der Waals surface area contributed by atoms with Crippen LogP contribution in [0.4, 0.5) is 5.69 Å². The van der Waals surface area contributed by atoms with Crippen LogP contribution in [0.1, 0.15) is 22.5 Å². The lowest BCUT2D eigenvalue weighted by Crippen LogP contribution is -2.15. The lowest BCUT2D eigenvalue weighted by atomic mass is 10.1. The Morgan fingerprint density at radius 2 is 1.88 bits per heavy atom. The Morgan fingerprint density at radius 1 is 1.12 bits per heavy atom. The zero-order chi connectivity index (χ0) is 17.8. The Kier molecular flexibility index (Phi) is 4.95. The van der Waals surface area contributed by atoms with E-state index in [0.717, 1.165) is 28.2 Å². The van der Waals surface area contributed by atoms with Gasteiger partial charge in [0.05, 0.1) is 24.4 Å². The van der Waals surface area contributed by atoms with Crippen LogP contribution < -0.4 is 5.32 Å². The molecule has 128 valence electrons. The first-order chi connectivity index (χ1) is 12.1. The van der Waals surface area contributed by atoms with Gasteiger partial charge in [-0.05, 0) is 43.7 Å². The summed E-state index contributed by atoms with van der Waals surface area (Å²) in [5, 5.41) is 16.6. The standard InChI is InChI=1S/C20H21N3O2/c1-14-19(15(2)23(22-14)18-9-4-3-5-10-18)12-20(25)21-17-8-6-7-16(11-17)13-24/h3-11,24H,12-13H2,1-2H3,(H,21,25). The van der Waals surface area contributed by atoms with E-state index in [-0.39, 0.29) is 18.9 Å². The van der Waals surface area contributed by atoms with E-state index in [1.807, 2.05) is 67.1 Å². The molecule has 0 atom stereocenters. The molecule has 0 aliphatic carbocycles. The summed E-state index contributed by atoms with van der Waals surface area (Å²) >= 11 is 0. The molecular weight excluding hydrogens is 314 g/mol. The van der Waals surface area contributed by atoms with Crippen molar-refractivity contribution in [2.75, 3.05) is 5.32 Å².